The summed E-state index contributed by atoms with van der Waals surface area (Å²) in [5.74, 6) is 1.37. The van der Waals surface area contributed by atoms with E-state index in [0.29, 0.717) is 5.95 Å². The first-order valence-electron chi connectivity index (χ1n) is 7.27. The average Bonchev–Trinajstić information content (AvgIpc) is 2.49. The van der Waals surface area contributed by atoms with Crippen molar-refractivity contribution in [2.24, 2.45) is 0 Å². The molecule has 0 saturated heterocycles. The Bertz CT molecular complexity index is 595. The second-order valence-corrected chi connectivity index (χ2v) is 5.12. The molecule has 0 atom stereocenters. The molecule has 4 heteroatoms. The predicted molar refractivity (Wildman–Crippen MR) is 82.2 cm³/mol. The van der Waals surface area contributed by atoms with E-state index in [1.807, 2.05) is 6.07 Å². The van der Waals surface area contributed by atoms with Crippen LogP contribution in [0.25, 0.3) is 0 Å². The molecular formula is C16H20N4. The number of anilines is 3. The van der Waals surface area contributed by atoms with E-state index < -0.39 is 0 Å². The van der Waals surface area contributed by atoms with Crippen molar-refractivity contribution in [2.45, 2.75) is 32.6 Å². The monoisotopic (exact) mass is 268 g/mol. The molecule has 0 saturated carbocycles. The van der Waals surface area contributed by atoms with E-state index in [-0.39, 0.29) is 0 Å². The van der Waals surface area contributed by atoms with E-state index in [4.69, 9.17) is 5.73 Å². The van der Waals surface area contributed by atoms with Crippen molar-refractivity contribution in [3.8, 4) is 0 Å². The zero-order valence-electron chi connectivity index (χ0n) is 11.8. The Hall–Kier alpha value is -2.10. The van der Waals surface area contributed by atoms with Crippen LogP contribution in [0.15, 0.2) is 30.3 Å². The van der Waals surface area contributed by atoms with Crippen LogP contribution in [0.5, 0.6) is 0 Å². The Balaban J connectivity index is 2.10. The average molecular weight is 268 g/mol. The summed E-state index contributed by atoms with van der Waals surface area (Å²) in [6.07, 6.45) is 4.47. The molecule has 1 aromatic heterocycles. The molecule has 1 heterocycles. The summed E-state index contributed by atoms with van der Waals surface area (Å²) in [5, 5.41) is 0. The third-order valence-corrected chi connectivity index (χ3v) is 3.82. The Morgan fingerprint density at radius 1 is 1.10 bits per heavy atom. The summed E-state index contributed by atoms with van der Waals surface area (Å²) >= 11 is 0. The molecule has 0 aliphatic heterocycles. The molecule has 104 valence electrons. The molecule has 2 aromatic rings. The minimum atomic E-state index is 0.384. The molecule has 0 unspecified atom stereocenters. The number of aryl methyl sites for hydroxylation is 1. The molecule has 1 aromatic carbocycles. The fourth-order valence-electron chi connectivity index (χ4n) is 2.88. The highest BCUT2D eigenvalue weighted by atomic mass is 15.2. The smallest absolute Gasteiger partial charge is 0.222 e. The predicted octanol–water partition coefficient (Wildman–Crippen LogP) is 3.10. The van der Waals surface area contributed by atoms with Gasteiger partial charge in [0.25, 0.3) is 0 Å². The lowest BCUT2D eigenvalue weighted by Gasteiger charge is -2.27. The van der Waals surface area contributed by atoms with Crippen molar-refractivity contribution in [1.29, 1.82) is 0 Å². The Morgan fingerprint density at radius 3 is 2.60 bits per heavy atom. The van der Waals surface area contributed by atoms with E-state index in [1.54, 1.807) is 0 Å². The van der Waals surface area contributed by atoms with E-state index >= 15 is 0 Å². The molecular weight excluding hydrogens is 248 g/mol. The van der Waals surface area contributed by atoms with E-state index in [9.17, 15) is 0 Å². The highest BCUT2D eigenvalue weighted by molar-refractivity contribution is 5.64. The molecule has 0 bridgehead atoms. The topological polar surface area (TPSA) is 55.0 Å². The Morgan fingerprint density at radius 2 is 1.85 bits per heavy atom. The van der Waals surface area contributed by atoms with Crippen LogP contribution in [0.2, 0.25) is 0 Å². The van der Waals surface area contributed by atoms with Gasteiger partial charge >= 0.3 is 0 Å². The number of rotatable bonds is 3. The second-order valence-electron chi connectivity index (χ2n) is 5.12. The van der Waals surface area contributed by atoms with Gasteiger partial charge in [0.1, 0.15) is 5.82 Å². The third-order valence-electron chi connectivity index (χ3n) is 3.82. The molecule has 4 nitrogen and oxygen atoms in total. The van der Waals surface area contributed by atoms with Gasteiger partial charge in [0, 0.05) is 17.8 Å². The summed E-state index contributed by atoms with van der Waals surface area (Å²) in [4.78, 5) is 11.2. The van der Waals surface area contributed by atoms with Gasteiger partial charge in [-0.3, -0.25) is 0 Å². The quantitative estimate of drug-likeness (QED) is 0.929. The fraction of sp³-hybridized carbons (Fsp3) is 0.375. The van der Waals surface area contributed by atoms with Gasteiger partial charge in [-0.1, -0.05) is 18.2 Å². The summed E-state index contributed by atoms with van der Waals surface area (Å²) in [5.41, 5.74) is 9.46. The van der Waals surface area contributed by atoms with E-state index in [1.165, 1.54) is 18.4 Å². The number of para-hydroxylation sites is 1. The van der Waals surface area contributed by atoms with E-state index in [0.717, 1.165) is 36.6 Å². The summed E-state index contributed by atoms with van der Waals surface area (Å²) in [6.45, 7) is 3.01. The Labute approximate surface area is 119 Å². The second kappa shape index (κ2) is 5.49. The lowest BCUT2D eigenvalue weighted by atomic mass is 9.96. The third kappa shape index (κ3) is 2.33. The normalized spacial score (nSPS) is 13.8. The number of nitrogen functional groups attached to an aromatic ring is 1. The lowest BCUT2D eigenvalue weighted by molar-refractivity contribution is 0.662. The van der Waals surface area contributed by atoms with Gasteiger partial charge in [0.2, 0.25) is 5.95 Å². The van der Waals surface area contributed by atoms with E-state index in [2.05, 4.69) is 46.1 Å². The van der Waals surface area contributed by atoms with Crippen LogP contribution < -0.4 is 10.6 Å². The van der Waals surface area contributed by atoms with Crippen molar-refractivity contribution in [3.05, 3.63) is 41.6 Å². The van der Waals surface area contributed by atoms with Crippen molar-refractivity contribution in [2.75, 3.05) is 17.2 Å². The molecule has 0 amide bonds. The maximum atomic E-state index is 5.90. The Kier molecular flexibility index (Phi) is 3.54. The van der Waals surface area contributed by atoms with Crippen LogP contribution in [0.3, 0.4) is 0 Å². The van der Waals surface area contributed by atoms with Gasteiger partial charge in [0.15, 0.2) is 0 Å². The van der Waals surface area contributed by atoms with Gasteiger partial charge in [0.05, 0.1) is 5.69 Å². The zero-order chi connectivity index (χ0) is 13.9. The van der Waals surface area contributed by atoms with Crippen LogP contribution in [0.4, 0.5) is 17.5 Å². The van der Waals surface area contributed by atoms with Gasteiger partial charge in [-0.25, -0.2) is 4.98 Å². The number of hydrogen-bond donors (Lipinski definition) is 1. The molecule has 1 aliphatic rings. The maximum Gasteiger partial charge on any atom is 0.222 e. The molecule has 3 rings (SSSR count). The molecule has 20 heavy (non-hydrogen) atoms. The molecule has 2 N–H and O–H groups in total. The SMILES string of the molecule is CCN(c1ccccc1)c1nc(N)nc2c1CCCC2. The summed E-state index contributed by atoms with van der Waals surface area (Å²) < 4.78 is 0. The highest BCUT2D eigenvalue weighted by Gasteiger charge is 2.21. The largest absolute Gasteiger partial charge is 0.368 e. The standard InChI is InChI=1S/C16H20N4/c1-2-20(12-8-4-3-5-9-12)15-13-10-6-7-11-14(13)18-16(17)19-15/h3-5,8-9H,2,6-7,10-11H2,1H3,(H2,17,18,19). The number of benzene rings is 1. The van der Waals surface area contributed by atoms with Crippen LogP contribution in [-0.4, -0.2) is 16.5 Å². The minimum Gasteiger partial charge on any atom is -0.368 e. The number of fused-ring (bicyclic) bond motifs is 1. The van der Waals surface area contributed by atoms with Crippen molar-refractivity contribution in [3.63, 3.8) is 0 Å². The molecule has 0 radical (unpaired) electrons. The maximum absolute atomic E-state index is 5.90. The van der Waals surface area contributed by atoms with Gasteiger partial charge in [-0.05, 0) is 44.7 Å². The number of nitrogens with zero attached hydrogens (tertiary/aromatic N) is 3. The first kappa shape index (κ1) is 12.9. The first-order chi connectivity index (χ1) is 9.79. The lowest BCUT2D eigenvalue weighted by Crippen LogP contribution is -2.22. The number of aromatic nitrogens is 2. The van der Waals surface area contributed by atoms with Gasteiger partial charge < -0.3 is 10.6 Å². The minimum absolute atomic E-state index is 0.384. The van der Waals surface area contributed by atoms with Crippen molar-refractivity contribution < 1.29 is 0 Å². The van der Waals surface area contributed by atoms with Crippen LogP contribution in [0.1, 0.15) is 31.0 Å². The number of nitrogens with two attached hydrogens (primary N) is 1. The van der Waals surface area contributed by atoms with Crippen molar-refractivity contribution in [1.82, 2.24) is 9.97 Å². The first-order valence-corrected chi connectivity index (χ1v) is 7.27. The molecule has 0 spiro atoms. The fourth-order valence-corrected chi connectivity index (χ4v) is 2.88. The van der Waals surface area contributed by atoms with Crippen LogP contribution in [-0.2, 0) is 12.8 Å². The van der Waals surface area contributed by atoms with Gasteiger partial charge in [-0.15, -0.1) is 0 Å². The zero-order valence-corrected chi connectivity index (χ0v) is 11.8. The molecule has 0 fully saturated rings. The highest BCUT2D eigenvalue weighted by Crippen LogP contribution is 2.32. The summed E-state index contributed by atoms with van der Waals surface area (Å²) in [7, 11) is 0. The van der Waals surface area contributed by atoms with Gasteiger partial charge in [-0.2, -0.15) is 4.98 Å². The molecule has 1 aliphatic carbocycles. The summed E-state index contributed by atoms with van der Waals surface area (Å²) in [6, 6.07) is 10.3. The number of hydrogen-bond acceptors (Lipinski definition) is 4. The van der Waals surface area contributed by atoms with Crippen molar-refractivity contribution >= 4 is 17.5 Å². The van der Waals surface area contributed by atoms with Crippen LogP contribution >= 0.6 is 0 Å². The van der Waals surface area contributed by atoms with Crippen LogP contribution in [0, 0.1) is 0 Å².